The Morgan fingerprint density at radius 2 is 1.93 bits per heavy atom. The van der Waals surface area contributed by atoms with E-state index in [1.54, 1.807) is 23.2 Å². The lowest BCUT2D eigenvalue weighted by Gasteiger charge is -2.19. The first kappa shape index (κ1) is 19.5. The van der Waals surface area contributed by atoms with Gasteiger partial charge in [-0.05, 0) is 55.0 Å². The van der Waals surface area contributed by atoms with E-state index in [1.807, 2.05) is 43.3 Å². The molecular weight excluding hydrogens is 405 g/mol. The maximum absolute atomic E-state index is 13.1. The van der Waals surface area contributed by atoms with Gasteiger partial charge < -0.3 is 0 Å². The molecule has 4 nitrogen and oxygen atoms in total. The Morgan fingerprint density at radius 1 is 1.10 bits per heavy atom. The van der Waals surface area contributed by atoms with E-state index in [4.69, 9.17) is 4.98 Å². The van der Waals surface area contributed by atoms with Crippen molar-refractivity contribution in [2.24, 2.45) is 0 Å². The molecule has 0 saturated carbocycles. The van der Waals surface area contributed by atoms with Crippen LogP contribution >= 0.6 is 23.1 Å². The molecule has 0 aliphatic rings. The zero-order chi connectivity index (χ0) is 20.2. The molecule has 0 aliphatic heterocycles. The molecule has 0 spiro atoms. The van der Waals surface area contributed by atoms with E-state index in [2.05, 4.69) is 4.98 Å². The minimum Gasteiger partial charge on any atom is -0.281 e. The van der Waals surface area contributed by atoms with Gasteiger partial charge in [-0.3, -0.25) is 14.7 Å². The SMILES string of the molecule is Cc1cccc2sc(N(Cc3ccccn3)C(=O)CSc3ccc(F)cc3)nc12. The second kappa shape index (κ2) is 8.71. The average molecular weight is 424 g/mol. The number of rotatable bonds is 6. The van der Waals surface area contributed by atoms with Crippen LogP contribution in [0, 0.1) is 12.7 Å². The van der Waals surface area contributed by atoms with Gasteiger partial charge in [0.2, 0.25) is 5.91 Å². The van der Waals surface area contributed by atoms with Gasteiger partial charge in [-0.1, -0.05) is 29.5 Å². The van der Waals surface area contributed by atoms with E-state index in [9.17, 15) is 9.18 Å². The van der Waals surface area contributed by atoms with E-state index in [0.717, 1.165) is 26.4 Å². The third-order valence-corrected chi connectivity index (χ3v) is 6.40. The summed E-state index contributed by atoms with van der Waals surface area (Å²) in [6, 6.07) is 17.8. The van der Waals surface area contributed by atoms with Gasteiger partial charge in [0.1, 0.15) is 5.82 Å². The van der Waals surface area contributed by atoms with E-state index >= 15 is 0 Å². The summed E-state index contributed by atoms with van der Waals surface area (Å²) in [6.07, 6.45) is 1.72. The van der Waals surface area contributed by atoms with Crippen molar-refractivity contribution in [2.75, 3.05) is 10.7 Å². The van der Waals surface area contributed by atoms with Crippen LogP contribution in [0.4, 0.5) is 9.52 Å². The quantitative estimate of drug-likeness (QED) is 0.386. The first-order valence-corrected chi connectivity index (χ1v) is 10.8. The highest BCUT2D eigenvalue weighted by Crippen LogP contribution is 2.32. The smallest absolute Gasteiger partial charge is 0.239 e. The van der Waals surface area contributed by atoms with Crippen LogP contribution in [0.2, 0.25) is 0 Å². The van der Waals surface area contributed by atoms with Gasteiger partial charge in [0.05, 0.1) is 28.2 Å². The molecule has 0 fully saturated rings. The molecule has 2 heterocycles. The average Bonchev–Trinajstić information content (AvgIpc) is 3.17. The van der Waals surface area contributed by atoms with Gasteiger partial charge in [-0.2, -0.15) is 0 Å². The molecule has 0 atom stereocenters. The number of halogens is 1. The molecule has 7 heteroatoms. The zero-order valence-corrected chi connectivity index (χ0v) is 17.3. The fourth-order valence-electron chi connectivity index (χ4n) is 2.86. The number of hydrogen-bond acceptors (Lipinski definition) is 5. The van der Waals surface area contributed by atoms with Crippen LogP contribution < -0.4 is 4.90 Å². The Hall–Kier alpha value is -2.77. The number of nitrogens with zero attached hydrogens (tertiary/aromatic N) is 3. The van der Waals surface area contributed by atoms with E-state index in [0.29, 0.717) is 11.7 Å². The number of thiazole rings is 1. The Labute approximate surface area is 176 Å². The molecule has 29 heavy (non-hydrogen) atoms. The van der Waals surface area contributed by atoms with Crippen LogP contribution in [0.1, 0.15) is 11.3 Å². The summed E-state index contributed by atoms with van der Waals surface area (Å²) in [5.41, 5.74) is 2.79. The topological polar surface area (TPSA) is 46.1 Å². The number of fused-ring (bicyclic) bond motifs is 1. The number of para-hydroxylation sites is 1. The summed E-state index contributed by atoms with van der Waals surface area (Å²) < 4.78 is 14.2. The standard InChI is InChI=1S/C22H18FN3OS2/c1-15-5-4-7-19-21(15)25-22(29-19)26(13-17-6-2-3-12-24-17)20(27)14-28-18-10-8-16(23)9-11-18/h2-12H,13-14H2,1H3. The Bertz CT molecular complexity index is 1130. The second-order valence-electron chi connectivity index (χ2n) is 6.46. The van der Waals surface area contributed by atoms with Crippen LogP contribution in [0.25, 0.3) is 10.2 Å². The molecule has 0 aliphatic carbocycles. The highest BCUT2D eigenvalue weighted by Gasteiger charge is 2.21. The van der Waals surface area contributed by atoms with Crippen molar-refractivity contribution in [3.05, 3.63) is 83.9 Å². The molecule has 0 bridgehead atoms. The van der Waals surface area contributed by atoms with Crippen LogP contribution in [0.3, 0.4) is 0 Å². The number of anilines is 1. The zero-order valence-electron chi connectivity index (χ0n) is 15.7. The summed E-state index contributed by atoms with van der Waals surface area (Å²) in [4.78, 5) is 24.7. The van der Waals surface area contributed by atoms with Gasteiger partial charge in [-0.15, -0.1) is 11.8 Å². The Kier molecular flexibility index (Phi) is 5.87. The lowest BCUT2D eigenvalue weighted by atomic mass is 10.2. The third-order valence-electron chi connectivity index (χ3n) is 4.36. The summed E-state index contributed by atoms with van der Waals surface area (Å²) in [7, 11) is 0. The molecule has 0 N–H and O–H groups in total. The van der Waals surface area contributed by atoms with Crippen LogP contribution in [0.5, 0.6) is 0 Å². The summed E-state index contributed by atoms with van der Waals surface area (Å²) in [6.45, 7) is 2.36. The molecule has 4 aromatic rings. The van der Waals surface area contributed by atoms with Crippen LogP contribution in [-0.4, -0.2) is 21.6 Å². The highest BCUT2D eigenvalue weighted by molar-refractivity contribution is 8.00. The number of benzene rings is 2. The van der Waals surface area contributed by atoms with E-state index < -0.39 is 0 Å². The molecule has 146 valence electrons. The van der Waals surface area contributed by atoms with Crippen molar-refractivity contribution >= 4 is 44.4 Å². The maximum atomic E-state index is 13.1. The number of hydrogen-bond donors (Lipinski definition) is 0. The molecular formula is C22H18FN3OS2. The maximum Gasteiger partial charge on any atom is 0.239 e. The summed E-state index contributed by atoms with van der Waals surface area (Å²) in [5.74, 6) is -0.128. The number of amides is 1. The number of carbonyl (C=O) groups excluding carboxylic acids is 1. The number of aryl methyl sites for hydroxylation is 1. The van der Waals surface area contributed by atoms with Crippen molar-refractivity contribution in [1.82, 2.24) is 9.97 Å². The molecule has 2 aromatic heterocycles. The molecule has 4 rings (SSSR count). The number of thioether (sulfide) groups is 1. The Morgan fingerprint density at radius 3 is 2.66 bits per heavy atom. The lowest BCUT2D eigenvalue weighted by molar-refractivity contribution is -0.116. The number of carbonyl (C=O) groups is 1. The summed E-state index contributed by atoms with van der Waals surface area (Å²) in [5, 5.41) is 0.657. The van der Waals surface area contributed by atoms with Crippen molar-refractivity contribution in [1.29, 1.82) is 0 Å². The Balaban J connectivity index is 1.60. The predicted molar refractivity (Wildman–Crippen MR) is 117 cm³/mol. The second-order valence-corrected chi connectivity index (χ2v) is 8.52. The normalized spacial score (nSPS) is 11.0. The first-order chi connectivity index (χ1) is 14.1. The highest BCUT2D eigenvalue weighted by atomic mass is 32.2. The predicted octanol–water partition coefficient (Wildman–Crippen LogP) is 5.46. The van der Waals surface area contributed by atoms with Crippen molar-refractivity contribution in [2.45, 2.75) is 18.4 Å². The van der Waals surface area contributed by atoms with Crippen LogP contribution in [-0.2, 0) is 11.3 Å². The van der Waals surface area contributed by atoms with Crippen molar-refractivity contribution in [3.63, 3.8) is 0 Å². The fraction of sp³-hybridized carbons (Fsp3) is 0.136. The van der Waals surface area contributed by atoms with Crippen molar-refractivity contribution in [3.8, 4) is 0 Å². The molecule has 0 unspecified atom stereocenters. The number of pyridine rings is 1. The van der Waals surface area contributed by atoms with E-state index in [1.165, 1.54) is 35.2 Å². The largest absolute Gasteiger partial charge is 0.281 e. The summed E-state index contributed by atoms with van der Waals surface area (Å²) >= 11 is 2.88. The third kappa shape index (κ3) is 4.63. The number of aromatic nitrogens is 2. The lowest BCUT2D eigenvalue weighted by Crippen LogP contribution is -2.32. The molecule has 1 amide bonds. The molecule has 2 aromatic carbocycles. The van der Waals surface area contributed by atoms with Crippen molar-refractivity contribution < 1.29 is 9.18 Å². The monoisotopic (exact) mass is 423 g/mol. The van der Waals surface area contributed by atoms with E-state index in [-0.39, 0.29) is 17.5 Å². The minimum atomic E-state index is -0.290. The first-order valence-electron chi connectivity index (χ1n) is 9.05. The van der Waals surface area contributed by atoms with Gasteiger partial charge >= 0.3 is 0 Å². The van der Waals surface area contributed by atoms with Gasteiger partial charge in [0.25, 0.3) is 0 Å². The van der Waals surface area contributed by atoms with Gasteiger partial charge in [-0.25, -0.2) is 9.37 Å². The van der Waals surface area contributed by atoms with Gasteiger partial charge in [0, 0.05) is 11.1 Å². The molecule has 0 saturated heterocycles. The minimum absolute atomic E-state index is 0.0679. The molecule has 0 radical (unpaired) electrons. The van der Waals surface area contributed by atoms with Gasteiger partial charge in [0.15, 0.2) is 5.13 Å². The fourth-order valence-corrected chi connectivity index (χ4v) is 4.69. The van der Waals surface area contributed by atoms with Crippen LogP contribution in [0.15, 0.2) is 71.8 Å².